The molecule has 7 rings (SSSR count). The molecule has 10 nitrogen and oxygen atoms in total. The first-order chi connectivity index (χ1) is 20.5. The number of aromatic carboxylic acids is 1. The highest BCUT2D eigenvalue weighted by Gasteiger charge is 2.50. The first-order valence-corrected chi connectivity index (χ1v) is 15.6. The number of hydrogen-bond acceptors (Lipinski definition) is 6. The van der Waals surface area contributed by atoms with Gasteiger partial charge in [-0.1, -0.05) is 32.0 Å². The zero-order valence-electron chi connectivity index (χ0n) is 25.5. The van der Waals surface area contributed by atoms with Crippen LogP contribution in [0, 0.1) is 36.5 Å². The van der Waals surface area contributed by atoms with E-state index in [0.717, 1.165) is 54.0 Å². The molecule has 43 heavy (non-hydrogen) atoms. The molecule has 10 heteroatoms. The number of carboxylic acid groups (broad SMARTS) is 1. The summed E-state index contributed by atoms with van der Waals surface area (Å²) in [6, 6.07) is 5.46. The second-order valence-electron chi connectivity index (χ2n) is 13.6. The fourth-order valence-corrected chi connectivity index (χ4v) is 8.40. The number of oxazole rings is 1. The van der Waals surface area contributed by atoms with Gasteiger partial charge in [0.15, 0.2) is 5.69 Å². The topological polar surface area (TPSA) is 144 Å². The fraction of sp³-hybridized carbons (Fsp3) is 0.576. The van der Waals surface area contributed by atoms with Crippen LogP contribution in [0.15, 0.2) is 34.9 Å². The summed E-state index contributed by atoms with van der Waals surface area (Å²) >= 11 is 0. The van der Waals surface area contributed by atoms with Gasteiger partial charge in [-0.05, 0) is 86.7 Å². The zero-order chi connectivity index (χ0) is 30.6. The molecule has 4 aliphatic rings. The zero-order valence-corrected chi connectivity index (χ0v) is 25.5. The van der Waals surface area contributed by atoms with Crippen molar-refractivity contribution in [3.8, 4) is 0 Å². The number of amides is 3. The van der Waals surface area contributed by atoms with Crippen LogP contribution in [-0.2, 0) is 18.3 Å². The van der Waals surface area contributed by atoms with Gasteiger partial charge in [-0.15, -0.1) is 0 Å². The van der Waals surface area contributed by atoms with Crippen molar-refractivity contribution in [3.63, 3.8) is 0 Å². The number of nitrogens with zero attached hydrogens (tertiary/aromatic N) is 3. The Morgan fingerprint density at radius 1 is 1.12 bits per heavy atom. The molecule has 4 bridgehead atoms. The predicted octanol–water partition coefficient (Wildman–Crippen LogP) is 5.19. The van der Waals surface area contributed by atoms with Gasteiger partial charge in [-0.3, -0.25) is 9.69 Å². The Morgan fingerprint density at radius 2 is 1.77 bits per heavy atom. The highest BCUT2D eigenvalue weighted by atomic mass is 16.4. The Kier molecular flexibility index (Phi) is 7.83. The van der Waals surface area contributed by atoms with Crippen molar-refractivity contribution in [3.05, 3.63) is 53.4 Å². The molecule has 0 aliphatic heterocycles. The van der Waals surface area contributed by atoms with E-state index in [9.17, 15) is 19.5 Å². The number of benzene rings is 1. The number of rotatable bonds is 9. The third kappa shape index (κ3) is 5.57. The number of nitrogens with one attached hydrogen (secondary N) is 1. The van der Waals surface area contributed by atoms with Gasteiger partial charge in [0, 0.05) is 36.6 Å². The lowest BCUT2D eigenvalue weighted by atomic mass is 9.54. The molecule has 4 saturated carbocycles. The molecule has 3 aromatic rings. The van der Waals surface area contributed by atoms with Crippen molar-refractivity contribution in [1.29, 1.82) is 0 Å². The second kappa shape index (κ2) is 11.4. The molecule has 0 saturated heterocycles. The van der Waals surface area contributed by atoms with Gasteiger partial charge in [-0.2, -0.15) is 0 Å². The van der Waals surface area contributed by atoms with Gasteiger partial charge >= 0.3 is 12.0 Å². The summed E-state index contributed by atoms with van der Waals surface area (Å²) < 4.78 is 7.94. The van der Waals surface area contributed by atoms with Crippen LogP contribution in [0.2, 0.25) is 0 Å². The number of carboxylic acids is 1. The average molecular weight is 590 g/mol. The van der Waals surface area contributed by atoms with E-state index in [-0.39, 0.29) is 35.7 Å². The number of urea groups is 1. The summed E-state index contributed by atoms with van der Waals surface area (Å²) in [5.74, 6) is 0.776. The number of aromatic nitrogens is 2. The molecule has 4 aliphatic carbocycles. The van der Waals surface area contributed by atoms with Crippen LogP contribution in [0.25, 0.3) is 10.9 Å². The summed E-state index contributed by atoms with van der Waals surface area (Å²) in [5.41, 5.74) is 8.12. The predicted molar refractivity (Wildman–Crippen MR) is 161 cm³/mol. The van der Waals surface area contributed by atoms with Crippen LogP contribution < -0.4 is 11.1 Å². The molecule has 4 fully saturated rings. The second-order valence-corrected chi connectivity index (χ2v) is 13.6. The van der Waals surface area contributed by atoms with Crippen molar-refractivity contribution in [2.45, 2.75) is 83.8 Å². The maximum atomic E-state index is 14.4. The van der Waals surface area contributed by atoms with E-state index >= 15 is 0 Å². The van der Waals surface area contributed by atoms with Gasteiger partial charge in [0.2, 0.25) is 11.8 Å². The summed E-state index contributed by atoms with van der Waals surface area (Å²) in [5, 5.41) is 14.0. The van der Waals surface area contributed by atoms with E-state index in [0.29, 0.717) is 18.3 Å². The van der Waals surface area contributed by atoms with E-state index in [2.05, 4.69) is 10.3 Å². The summed E-state index contributed by atoms with van der Waals surface area (Å²) in [6.07, 6.45) is 8.29. The highest BCUT2D eigenvalue weighted by molar-refractivity contribution is 5.98. The Balaban J connectivity index is 1.41. The normalized spacial score (nSPS) is 25.7. The lowest BCUT2D eigenvalue weighted by molar-refractivity contribution is -0.132. The Hall–Kier alpha value is -3.66. The third-order valence-electron chi connectivity index (χ3n) is 10.0. The van der Waals surface area contributed by atoms with Gasteiger partial charge in [-0.25, -0.2) is 14.6 Å². The molecular weight excluding hydrogens is 546 g/mol. The van der Waals surface area contributed by atoms with Crippen molar-refractivity contribution in [2.75, 3.05) is 0 Å². The molecule has 1 aromatic carbocycles. The van der Waals surface area contributed by atoms with Crippen molar-refractivity contribution in [1.82, 2.24) is 19.8 Å². The maximum absolute atomic E-state index is 14.4. The number of para-hydroxylation sites is 1. The van der Waals surface area contributed by atoms with Gasteiger partial charge < -0.3 is 25.1 Å². The summed E-state index contributed by atoms with van der Waals surface area (Å²) in [4.78, 5) is 46.1. The van der Waals surface area contributed by atoms with Crippen LogP contribution in [0.4, 0.5) is 4.79 Å². The van der Waals surface area contributed by atoms with Crippen LogP contribution in [0.3, 0.4) is 0 Å². The van der Waals surface area contributed by atoms with Gasteiger partial charge in [0.1, 0.15) is 11.8 Å². The number of carbonyl (C=O) groups excluding carboxylic acids is 2. The van der Waals surface area contributed by atoms with E-state index in [1.54, 1.807) is 0 Å². The SMILES string of the molecule is Cc1oc([C@@H](Cc2cn(C)c3ccccc23)N(C(=O)NC2C3CC4CC(C3)CC2C4)C(=O)[C@@H](N)CC(C)C)nc1C(=O)O. The summed E-state index contributed by atoms with van der Waals surface area (Å²) in [7, 11) is 1.94. The Labute approximate surface area is 252 Å². The molecule has 0 spiro atoms. The number of carbonyl (C=O) groups is 3. The number of imide groups is 1. The number of nitrogens with two attached hydrogens (primary N) is 1. The Morgan fingerprint density at radius 3 is 2.37 bits per heavy atom. The molecule has 3 amide bonds. The molecule has 0 unspecified atom stereocenters. The largest absolute Gasteiger partial charge is 0.476 e. The minimum absolute atomic E-state index is 0.00370. The maximum Gasteiger partial charge on any atom is 0.358 e. The lowest BCUT2D eigenvalue weighted by Crippen LogP contribution is -2.60. The standard InChI is InChI=1S/C33H43N5O5/c1-17(2)9-25(34)31(39)38(33(42)36-29-21-11-19-10-20(13-21)14-22(29)12-19)27(30-35-28(32(40)41)18(3)43-30)15-23-16-37(4)26-8-6-5-7-24(23)26/h5-8,16-17,19-22,25,27,29H,9-15,34H2,1-4H3,(H,36,42)(H,40,41)/t19?,20?,21?,22?,25-,27+,29?/m0/s1. The van der Waals surface area contributed by atoms with Gasteiger partial charge in [0.05, 0.1) is 6.04 Å². The first kappa shape index (κ1) is 29.4. The Bertz CT molecular complexity index is 1510. The minimum Gasteiger partial charge on any atom is -0.476 e. The van der Waals surface area contributed by atoms with Crippen LogP contribution >= 0.6 is 0 Å². The molecule has 2 atom stereocenters. The van der Waals surface area contributed by atoms with E-state index in [4.69, 9.17) is 10.2 Å². The van der Waals surface area contributed by atoms with Gasteiger partial charge in [0.25, 0.3) is 0 Å². The van der Waals surface area contributed by atoms with E-state index < -0.39 is 30.0 Å². The molecule has 4 N–H and O–H groups in total. The van der Waals surface area contributed by atoms with Crippen molar-refractivity contribution < 1.29 is 23.9 Å². The van der Waals surface area contributed by atoms with Crippen LogP contribution in [-0.4, -0.2) is 49.5 Å². The van der Waals surface area contributed by atoms with E-state index in [1.807, 2.05) is 55.9 Å². The number of hydrogen-bond donors (Lipinski definition) is 3. The minimum atomic E-state index is -1.23. The fourth-order valence-electron chi connectivity index (χ4n) is 8.40. The molecule has 2 aromatic heterocycles. The smallest absolute Gasteiger partial charge is 0.358 e. The number of aryl methyl sites for hydroxylation is 2. The third-order valence-corrected chi connectivity index (χ3v) is 10.0. The molecule has 2 heterocycles. The number of fused-ring (bicyclic) bond motifs is 1. The van der Waals surface area contributed by atoms with Crippen molar-refractivity contribution >= 4 is 28.8 Å². The highest BCUT2D eigenvalue weighted by Crippen LogP contribution is 2.53. The quantitative estimate of drug-likeness (QED) is 0.311. The monoisotopic (exact) mass is 589 g/mol. The average Bonchev–Trinajstić information content (AvgIpc) is 3.49. The van der Waals surface area contributed by atoms with Crippen molar-refractivity contribution in [2.24, 2.45) is 42.4 Å². The molecular formula is C33H43N5O5. The molecule has 0 radical (unpaired) electrons. The first-order valence-electron chi connectivity index (χ1n) is 15.6. The van der Waals surface area contributed by atoms with Crippen LogP contribution in [0.5, 0.6) is 0 Å². The molecule has 230 valence electrons. The van der Waals surface area contributed by atoms with E-state index in [1.165, 1.54) is 18.2 Å². The lowest BCUT2D eigenvalue weighted by Gasteiger charge is -2.54. The summed E-state index contributed by atoms with van der Waals surface area (Å²) in [6.45, 7) is 5.49. The van der Waals surface area contributed by atoms with Crippen LogP contribution in [0.1, 0.15) is 86.1 Å².